The van der Waals surface area contributed by atoms with Crippen molar-refractivity contribution in [3.8, 4) is 22.5 Å². The topological polar surface area (TPSA) is 111 Å². The van der Waals surface area contributed by atoms with Crippen LogP contribution in [0.15, 0.2) is 101 Å². The second-order valence-corrected chi connectivity index (χ2v) is 11.6. The van der Waals surface area contributed by atoms with E-state index in [-0.39, 0.29) is 18.0 Å². The highest BCUT2D eigenvalue weighted by Gasteiger charge is 2.39. The zero-order valence-electron chi connectivity index (χ0n) is 23.3. The van der Waals surface area contributed by atoms with Crippen molar-refractivity contribution in [2.75, 3.05) is 13.1 Å². The van der Waals surface area contributed by atoms with Crippen LogP contribution in [-0.4, -0.2) is 56.4 Å². The highest BCUT2D eigenvalue weighted by Crippen LogP contribution is 2.31. The average molecular weight is 591 g/mol. The second-order valence-electron chi connectivity index (χ2n) is 10.8. The summed E-state index contributed by atoms with van der Waals surface area (Å²) in [6.07, 6.45) is 2.47. The van der Waals surface area contributed by atoms with Crippen molar-refractivity contribution in [1.82, 2.24) is 24.9 Å². The number of amides is 2. The van der Waals surface area contributed by atoms with E-state index in [1.807, 2.05) is 24.3 Å². The number of aromatic nitrogens is 2. The van der Waals surface area contributed by atoms with Crippen LogP contribution in [0.2, 0.25) is 0 Å². The molecule has 0 spiro atoms. The number of hydrogen-bond donors (Lipinski definition) is 3. The molecular formula is C33H30N6O3S. The number of thiazole rings is 1. The molecule has 3 atom stereocenters. The van der Waals surface area contributed by atoms with Gasteiger partial charge in [-0.25, -0.2) is 9.78 Å². The lowest BCUT2D eigenvalue weighted by Gasteiger charge is -2.29. The highest BCUT2D eigenvalue weighted by molar-refractivity contribution is 7.15. The average Bonchev–Trinajstić information content (AvgIpc) is 3.85. The van der Waals surface area contributed by atoms with E-state index < -0.39 is 12.1 Å². The van der Waals surface area contributed by atoms with Crippen molar-refractivity contribution in [2.45, 2.75) is 31.0 Å². The monoisotopic (exact) mass is 590 g/mol. The molecule has 2 aromatic heterocycles. The zero-order chi connectivity index (χ0) is 29.3. The zero-order valence-corrected chi connectivity index (χ0v) is 24.1. The van der Waals surface area contributed by atoms with Gasteiger partial charge in [-0.3, -0.25) is 14.2 Å². The predicted molar refractivity (Wildman–Crippen MR) is 167 cm³/mol. The van der Waals surface area contributed by atoms with Crippen LogP contribution in [-0.2, 0) is 4.79 Å². The SMILES string of the molecule is O=C(O)N[C@@H](C(=O)N1CCCC1C1=NCC(c2ccc(-c3cn4c(-c5ccccc5)csc4n3)cc2)N1)c1ccccc1. The summed E-state index contributed by atoms with van der Waals surface area (Å²) in [5, 5.41) is 17.5. The maximum absolute atomic E-state index is 13.6. The number of nitrogens with one attached hydrogen (secondary N) is 2. The number of fused-ring (bicyclic) bond motifs is 1. The predicted octanol–water partition coefficient (Wildman–Crippen LogP) is 5.77. The van der Waals surface area contributed by atoms with Gasteiger partial charge in [0.1, 0.15) is 11.9 Å². The molecule has 0 bridgehead atoms. The molecule has 2 aliphatic rings. The van der Waals surface area contributed by atoms with E-state index in [4.69, 9.17) is 9.98 Å². The Bertz CT molecular complexity index is 1800. The highest BCUT2D eigenvalue weighted by atomic mass is 32.1. The summed E-state index contributed by atoms with van der Waals surface area (Å²) < 4.78 is 2.14. The van der Waals surface area contributed by atoms with Gasteiger partial charge in [-0.05, 0) is 29.5 Å². The Morgan fingerprint density at radius 3 is 2.47 bits per heavy atom. The number of amidine groups is 1. The van der Waals surface area contributed by atoms with Crippen molar-refractivity contribution >= 4 is 34.1 Å². The second kappa shape index (κ2) is 11.4. The van der Waals surface area contributed by atoms with Crippen LogP contribution in [0.4, 0.5) is 4.79 Å². The van der Waals surface area contributed by atoms with Crippen LogP contribution in [0.25, 0.3) is 27.5 Å². The first kappa shape index (κ1) is 26.9. The van der Waals surface area contributed by atoms with Gasteiger partial charge in [0.05, 0.1) is 30.0 Å². The first-order valence-electron chi connectivity index (χ1n) is 14.3. The standard InChI is InChI=1S/C33H30N6O3S/c40-31(29(37-33(41)42)24-10-5-2-6-11-24)38-17-7-12-27(38)30-34-18-25(35-30)21-13-15-22(16-14-21)26-19-39-28(20-43-32(39)36-26)23-8-3-1-4-9-23/h1-6,8-11,13-16,19-20,25,27,29,37H,7,12,17-18H2,(H,34,35)(H,41,42)/t25?,27?,29-/m1/s1. The Kier molecular flexibility index (Phi) is 7.12. The summed E-state index contributed by atoms with van der Waals surface area (Å²) in [4.78, 5) is 37.6. The fraction of sp³-hybridized carbons (Fsp3) is 0.212. The van der Waals surface area contributed by atoms with Gasteiger partial charge in [0.15, 0.2) is 4.96 Å². The molecular weight excluding hydrogens is 560 g/mol. The van der Waals surface area contributed by atoms with E-state index in [0.717, 1.165) is 51.7 Å². The van der Waals surface area contributed by atoms with E-state index in [2.05, 4.69) is 63.0 Å². The van der Waals surface area contributed by atoms with Gasteiger partial charge in [0, 0.05) is 23.7 Å². The molecule has 5 aromatic rings. The Labute approximate surface area is 252 Å². The largest absolute Gasteiger partial charge is 0.465 e. The fourth-order valence-electron chi connectivity index (χ4n) is 6.01. The third-order valence-electron chi connectivity index (χ3n) is 8.15. The maximum Gasteiger partial charge on any atom is 0.405 e. The summed E-state index contributed by atoms with van der Waals surface area (Å²) in [6, 6.07) is 26.5. The van der Waals surface area contributed by atoms with Crippen molar-refractivity contribution in [3.05, 3.63) is 108 Å². The molecule has 2 aliphatic heterocycles. The molecule has 2 unspecified atom stereocenters. The molecule has 9 nitrogen and oxygen atoms in total. The summed E-state index contributed by atoms with van der Waals surface area (Å²) in [5.74, 6) is 0.522. The molecule has 216 valence electrons. The minimum absolute atomic E-state index is 0.00107. The Morgan fingerprint density at radius 1 is 0.977 bits per heavy atom. The van der Waals surface area contributed by atoms with Gasteiger partial charge < -0.3 is 20.6 Å². The Balaban J connectivity index is 1.05. The van der Waals surface area contributed by atoms with E-state index in [9.17, 15) is 14.7 Å². The summed E-state index contributed by atoms with van der Waals surface area (Å²) >= 11 is 1.63. The Morgan fingerprint density at radius 2 is 1.72 bits per heavy atom. The molecule has 0 radical (unpaired) electrons. The number of likely N-dealkylation sites (tertiary alicyclic amines) is 1. The van der Waals surface area contributed by atoms with E-state index in [0.29, 0.717) is 18.7 Å². The molecule has 43 heavy (non-hydrogen) atoms. The van der Waals surface area contributed by atoms with Crippen molar-refractivity contribution < 1.29 is 14.7 Å². The van der Waals surface area contributed by atoms with Crippen molar-refractivity contribution in [1.29, 1.82) is 0 Å². The van der Waals surface area contributed by atoms with Crippen LogP contribution in [0.5, 0.6) is 0 Å². The molecule has 3 aromatic carbocycles. The maximum atomic E-state index is 13.6. The third kappa shape index (κ3) is 5.25. The van der Waals surface area contributed by atoms with Gasteiger partial charge in [0.25, 0.3) is 5.91 Å². The number of carboxylic acid groups (broad SMARTS) is 1. The number of rotatable bonds is 7. The Hall–Kier alpha value is -4.96. The molecule has 3 N–H and O–H groups in total. The number of benzene rings is 3. The molecule has 1 fully saturated rings. The first-order chi connectivity index (χ1) is 21.0. The lowest BCUT2D eigenvalue weighted by molar-refractivity contribution is -0.133. The third-order valence-corrected chi connectivity index (χ3v) is 8.99. The van der Waals surface area contributed by atoms with Crippen LogP contribution < -0.4 is 10.6 Å². The molecule has 4 heterocycles. The van der Waals surface area contributed by atoms with Crippen LogP contribution >= 0.6 is 11.3 Å². The summed E-state index contributed by atoms with van der Waals surface area (Å²) in [6.45, 7) is 1.13. The van der Waals surface area contributed by atoms with Gasteiger partial charge in [-0.1, -0.05) is 84.9 Å². The molecule has 7 rings (SSSR count). The summed E-state index contributed by atoms with van der Waals surface area (Å²) in [7, 11) is 0. The smallest absolute Gasteiger partial charge is 0.405 e. The van der Waals surface area contributed by atoms with E-state index in [1.165, 1.54) is 0 Å². The number of carbonyl (C=O) groups is 2. The molecule has 1 saturated heterocycles. The van der Waals surface area contributed by atoms with Crippen LogP contribution in [0.1, 0.15) is 36.1 Å². The normalized spacial score (nSPS) is 18.8. The molecule has 2 amide bonds. The van der Waals surface area contributed by atoms with Gasteiger partial charge in [-0.15, -0.1) is 11.3 Å². The number of imidazole rings is 1. The van der Waals surface area contributed by atoms with Gasteiger partial charge in [-0.2, -0.15) is 0 Å². The lowest BCUT2D eigenvalue weighted by atomic mass is 10.0. The fourth-order valence-corrected chi connectivity index (χ4v) is 6.89. The first-order valence-corrected chi connectivity index (χ1v) is 15.2. The molecule has 0 aliphatic carbocycles. The number of carbonyl (C=O) groups excluding carboxylic acids is 1. The van der Waals surface area contributed by atoms with Gasteiger partial charge >= 0.3 is 6.09 Å². The molecule has 0 saturated carbocycles. The minimum atomic E-state index is -1.23. The van der Waals surface area contributed by atoms with Crippen LogP contribution in [0.3, 0.4) is 0 Å². The number of aliphatic imine (C=N–C) groups is 1. The van der Waals surface area contributed by atoms with Crippen molar-refractivity contribution in [3.63, 3.8) is 0 Å². The van der Waals surface area contributed by atoms with Crippen molar-refractivity contribution in [2.24, 2.45) is 4.99 Å². The number of hydrogen-bond acceptors (Lipinski definition) is 6. The quantitative estimate of drug-likeness (QED) is 0.223. The van der Waals surface area contributed by atoms with E-state index >= 15 is 0 Å². The van der Waals surface area contributed by atoms with Crippen LogP contribution in [0, 0.1) is 0 Å². The lowest BCUT2D eigenvalue weighted by Crippen LogP contribution is -2.49. The number of nitrogens with zero attached hydrogens (tertiary/aromatic N) is 4. The molecule has 10 heteroatoms. The summed E-state index contributed by atoms with van der Waals surface area (Å²) in [5.41, 5.74) is 5.99. The van der Waals surface area contributed by atoms with E-state index in [1.54, 1.807) is 40.5 Å². The van der Waals surface area contributed by atoms with Gasteiger partial charge in [0.2, 0.25) is 0 Å². The minimum Gasteiger partial charge on any atom is -0.465 e.